The molecule has 0 fully saturated rings. The van der Waals surface area contributed by atoms with Gasteiger partial charge in [0, 0.05) is 29.3 Å². The van der Waals surface area contributed by atoms with E-state index in [1.54, 1.807) is 24.4 Å². The molecule has 0 aliphatic heterocycles. The van der Waals surface area contributed by atoms with Crippen LogP contribution in [0.25, 0.3) is 10.9 Å². The number of aryl methyl sites for hydroxylation is 1. The Bertz CT molecular complexity index is 988. The first-order valence-corrected chi connectivity index (χ1v) is 8.96. The molecule has 1 N–H and O–H groups in total. The summed E-state index contributed by atoms with van der Waals surface area (Å²) in [7, 11) is 0. The van der Waals surface area contributed by atoms with Gasteiger partial charge in [-0.2, -0.15) is 0 Å². The van der Waals surface area contributed by atoms with Crippen molar-refractivity contribution in [3.8, 4) is 0 Å². The van der Waals surface area contributed by atoms with Crippen LogP contribution < -0.4 is 5.32 Å². The van der Waals surface area contributed by atoms with Crippen molar-refractivity contribution in [3.63, 3.8) is 0 Å². The van der Waals surface area contributed by atoms with Gasteiger partial charge < -0.3 is 9.88 Å². The van der Waals surface area contributed by atoms with Crippen molar-refractivity contribution >= 4 is 34.1 Å². The number of carbonyl (C=O) groups is 1. The van der Waals surface area contributed by atoms with Gasteiger partial charge in [0.25, 0.3) is 5.91 Å². The fourth-order valence-corrected chi connectivity index (χ4v) is 3.35. The minimum absolute atomic E-state index is 0.172. The van der Waals surface area contributed by atoms with Gasteiger partial charge in [0.1, 0.15) is 10.8 Å². The van der Waals surface area contributed by atoms with Crippen LogP contribution in [0.4, 0.5) is 5.69 Å². The van der Waals surface area contributed by atoms with Crippen LogP contribution in [0.15, 0.2) is 49.2 Å². The van der Waals surface area contributed by atoms with E-state index in [0.717, 1.165) is 16.5 Å². The summed E-state index contributed by atoms with van der Waals surface area (Å²) in [5.74, 6) is 0.256. The normalized spacial score (nSPS) is 11.1. The summed E-state index contributed by atoms with van der Waals surface area (Å²) in [6.45, 7) is 10.7. The van der Waals surface area contributed by atoms with Gasteiger partial charge in [-0.05, 0) is 48.2 Å². The standard InChI is InChI=1S/C21H22ClN3O/c1-5-10-25-18-7-6-15(13(2)3)11-17(18)14(4)20(25)21(26)24-16-8-9-23-19(22)12-16/h5-9,11-13H,1,10H2,2-4H3,(H,23,24,26). The Labute approximate surface area is 158 Å². The van der Waals surface area contributed by atoms with E-state index in [1.165, 1.54) is 5.56 Å². The van der Waals surface area contributed by atoms with Gasteiger partial charge >= 0.3 is 0 Å². The summed E-state index contributed by atoms with van der Waals surface area (Å²) in [6.07, 6.45) is 3.37. The van der Waals surface area contributed by atoms with Crippen LogP contribution in [-0.4, -0.2) is 15.5 Å². The summed E-state index contributed by atoms with van der Waals surface area (Å²) in [5, 5.41) is 4.35. The highest BCUT2D eigenvalue weighted by Crippen LogP contribution is 2.30. The number of rotatable bonds is 5. The highest BCUT2D eigenvalue weighted by molar-refractivity contribution is 6.29. The second-order valence-corrected chi connectivity index (χ2v) is 7.01. The van der Waals surface area contributed by atoms with Gasteiger partial charge in [0.05, 0.1) is 0 Å². The molecule has 2 heterocycles. The average molecular weight is 368 g/mol. The number of carbonyl (C=O) groups excluding carboxylic acids is 1. The van der Waals surface area contributed by atoms with E-state index in [1.807, 2.05) is 11.5 Å². The molecule has 0 aliphatic carbocycles. The smallest absolute Gasteiger partial charge is 0.272 e. The van der Waals surface area contributed by atoms with E-state index in [-0.39, 0.29) is 5.91 Å². The van der Waals surface area contributed by atoms with Gasteiger partial charge in [0.2, 0.25) is 0 Å². The summed E-state index contributed by atoms with van der Waals surface area (Å²) in [6, 6.07) is 9.73. The summed E-state index contributed by atoms with van der Waals surface area (Å²) in [4.78, 5) is 16.9. The first-order chi connectivity index (χ1) is 12.4. The maximum absolute atomic E-state index is 13.0. The van der Waals surface area contributed by atoms with E-state index in [0.29, 0.717) is 29.0 Å². The molecule has 26 heavy (non-hydrogen) atoms. The first-order valence-electron chi connectivity index (χ1n) is 8.59. The van der Waals surface area contributed by atoms with Gasteiger partial charge in [-0.25, -0.2) is 4.98 Å². The average Bonchev–Trinajstić information content (AvgIpc) is 2.87. The molecule has 5 heteroatoms. The zero-order valence-corrected chi connectivity index (χ0v) is 16.0. The number of aromatic nitrogens is 2. The molecular formula is C21H22ClN3O. The number of halogens is 1. The van der Waals surface area contributed by atoms with Gasteiger partial charge in [-0.15, -0.1) is 6.58 Å². The quantitative estimate of drug-likeness (QED) is 0.474. The van der Waals surface area contributed by atoms with Crippen molar-refractivity contribution in [3.05, 3.63) is 71.2 Å². The molecule has 3 aromatic rings. The lowest BCUT2D eigenvalue weighted by Crippen LogP contribution is -2.18. The van der Waals surface area contributed by atoms with Crippen LogP contribution in [-0.2, 0) is 6.54 Å². The molecule has 0 bridgehead atoms. The number of hydrogen-bond donors (Lipinski definition) is 1. The molecule has 134 valence electrons. The number of fused-ring (bicyclic) bond motifs is 1. The summed E-state index contributed by atoms with van der Waals surface area (Å²) in [5.41, 5.74) is 4.50. The number of allylic oxidation sites excluding steroid dienone is 1. The molecule has 0 radical (unpaired) electrons. The van der Waals surface area contributed by atoms with E-state index in [2.05, 4.69) is 48.9 Å². The highest BCUT2D eigenvalue weighted by atomic mass is 35.5. The lowest BCUT2D eigenvalue weighted by atomic mass is 10.0. The lowest BCUT2D eigenvalue weighted by molar-refractivity contribution is 0.101. The molecular weight excluding hydrogens is 346 g/mol. The Morgan fingerprint density at radius 3 is 2.77 bits per heavy atom. The number of pyridine rings is 1. The maximum Gasteiger partial charge on any atom is 0.272 e. The summed E-state index contributed by atoms with van der Waals surface area (Å²) >= 11 is 5.92. The predicted octanol–water partition coefficient (Wildman–Crippen LogP) is 5.56. The Balaban J connectivity index is 2.11. The van der Waals surface area contributed by atoms with Crippen molar-refractivity contribution in [1.29, 1.82) is 0 Å². The third-order valence-electron chi connectivity index (χ3n) is 4.52. The summed E-state index contributed by atoms with van der Waals surface area (Å²) < 4.78 is 2.00. The van der Waals surface area contributed by atoms with Gasteiger partial charge in [0.15, 0.2) is 0 Å². The number of amides is 1. The van der Waals surface area contributed by atoms with Gasteiger partial charge in [-0.3, -0.25) is 4.79 Å². The molecule has 0 saturated carbocycles. The van der Waals surface area contributed by atoms with Crippen molar-refractivity contribution in [2.45, 2.75) is 33.2 Å². The van der Waals surface area contributed by atoms with Crippen LogP contribution >= 0.6 is 11.6 Å². The molecule has 3 rings (SSSR count). The second kappa shape index (κ2) is 7.34. The van der Waals surface area contributed by atoms with E-state index in [4.69, 9.17) is 11.6 Å². The zero-order valence-electron chi connectivity index (χ0n) is 15.2. The SMILES string of the molecule is C=CCn1c(C(=O)Nc2ccnc(Cl)c2)c(C)c2cc(C(C)C)ccc21. The lowest BCUT2D eigenvalue weighted by Gasteiger charge is -2.10. The number of benzene rings is 1. The predicted molar refractivity (Wildman–Crippen MR) is 108 cm³/mol. The molecule has 2 aromatic heterocycles. The monoisotopic (exact) mass is 367 g/mol. The van der Waals surface area contributed by atoms with Crippen LogP contribution in [0.5, 0.6) is 0 Å². The number of nitrogens with one attached hydrogen (secondary N) is 1. The minimum atomic E-state index is -0.172. The molecule has 0 unspecified atom stereocenters. The Hall–Kier alpha value is -2.59. The third-order valence-corrected chi connectivity index (χ3v) is 4.73. The Kier molecular flexibility index (Phi) is 5.14. The molecule has 0 atom stereocenters. The van der Waals surface area contributed by atoms with Crippen molar-refractivity contribution in [2.75, 3.05) is 5.32 Å². The van der Waals surface area contributed by atoms with Crippen molar-refractivity contribution in [1.82, 2.24) is 9.55 Å². The van der Waals surface area contributed by atoms with E-state index < -0.39 is 0 Å². The van der Waals surface area contributed by atoms with Crippen LogP contribution in [0.1, 0.15) is 41.4 Å². The fraction of sp³-hybridized carbons (Fsp3) is 0.238. The van der Waals surface area contributed by atoms with Crippen LogP contribution in [0.2, 0.25) is 5.15 Å². The van der Waals surface area contributed by atoms with E-state index in [9.17, 15) is 4.79 Å². The number of anilines is 1. The van der Waals surface area contributed by atoms with Crippen molar-refractivity contribution < 1.29 is 4.79 Å². The highest BCUT2D eigenvalue weighted by Gasteiger charge is 2.20. The molecule has 0 aliphatic rings. The molecule has 0 spiro atoms. The topological polar surface area (TPSA) is 46.9 Å². The molecule has 1 amide bonds. The number of hydrogen-bond acceptors (Lipinski definition) is 2. The molecule has 4 nitrogen and oxygen atoms in total. The van der Waals surface area contributed by atoms with E-state index >= 15 is 0 Å². The van der Waals surface area contributed by atoms with Crippen LogP contribution in [0, 0.1) is 6.92 Å². The molecule has 1 aromatic carbocycles. The Morgan fingerprint density at radius 2 is 2.12 bits per heavy atom. The fourth-order valence-electron chi connectivity index (χ4n) is 3.18. The van der Waals surface area contributed by atoms with Crippen molar-refractivity contribution in [2.24, 2.45) is 0 Å². The largest absolute Gasteiger partial charge is 0.332 e. The molecule has 0 saturated heterocycles. The minimum Gasteiger partial charge on any atom is -0.332 e. The second-order valence-electron chi connectivity index (χ2n) is 6.63. The zero-order chi connectivity index (χ0) is 18.8. The van der Waals surface area contributed by atoms with Crippen LogP contribution in [0.3, 0.4) is 0 Å². The first kappa shape index (κ1) is 18.2. The Morgan fingerprint density at radius 1 is 1.35 bits per heavy atom. The van der Waals surface area contributed by atoms with Gasteiger partial charge in [-0.1, -0.05) is 37.6 Å². The number of nitrogens with zero attached hydrogens (tertiary/aromatic N) is 2. The third kappa shape index (κ3) is 3.37. The maximum atomic E-state index is 13.0.